The molecule has 2 nitrogen and oxygen atoms in total. The van der Waals surface area contributed by atoms with Crippen molar-refractivity contribution in [1.82, 2.24) is 0 Å². The SMILES string of the molecule is N#CC1CCCC(C=O)CC1. The van der Waals surface area contributed by atoms with E-state index in [1.165, 1.54) is 0 Å². The molecule has 2 atom stereocenters. The molecule has 0 spiro atoms. The highest BCUT2D eigenvalue weighted by molar-refractivity contribution is 5.53. The topological polar surface area (TPSA) is 40.9 Å². The van der Waals surface area contributed by atoms with Crippen LogP contribution in [0.3, 0.4) is 0 Å². The summed E-state index contributed by atoms with van der Waals surface area (Å²) in [5, 5.41) is 8.64. The second-order valence-corrected chi connectivity index (χ2v) is 3.23. The van der Waals surface area contributed by atoms with E-state index in [9.17, 15) is 4.79 Å². The largest absolute Gasteiger partial charge is 0.303 e. The van der Waals surface area contributed by atoms with E-state index >= 15 is 0 Å². The number of hydrogen-bond donors (Lipinski definition) is 0. The van der Waals surface area contributed by atoms with E-state index in [-0.39, 0.29) is 11.8 Å². The maximum Gasteiger partial charge on any atom is 0.123 e. The Bertz CT molecular complexity index is 171. The van der Waals surface area contributed by atoms with Crippen molar-refractivity contribution in [1.29, 1.82) is 5.26 Å². The van der Waals surface area contributed by atoms with Crippen LogP contribution in [0.4, 0.5) is 0 Å². The van der Waals surface area contributed by atoms with Gasteiger partial charge in [-0.2, -0.15) is 5.26 Å². The van der Waals surface area contributed by atoms with E-state index in [2.05, 4.69) is 6.07 Å². The summed E-state index contributed by atoms with van der Waals surface area (Å²) in [4.78, 5) is 10.4. The van der Waals surface area contributed by atoms with Crippen LogP contribution in [-0.2, 0) is 4.79 Å². The van der Waals surface area contributed by atoms with Crippen molar-refractivity contribution in [2.45, 2.75) is 32.1 Å². The molecule has 2 heteroatoms. The molecule has 1 saturated carbocycles. The van der Waals surface area contributed by atoms with Gasteiger partial charge in [0.25, 0.3) is 0 Å². The molecule has 1 rings (SSSR count). The highest BCUT2D eigenvalue weighted by atomic mass is 16.1. The average molecular weight is 151 g/mol. The van der Waals surface area contributed by atoms with Crippen LogP contribution < -0.4 is 0 Å². The minimum Gasteiger partial charge on any atom is -0.303 e. The number of carbonyl (C=O) groups excluding carboxylic acids is 1. The molecule has 0 aromatic carbocycles. The number of nitrogens with zero attached hydrogens (tertiary/aromatic N) is 1. The lowest BCUT2D eigenvalue weighted by Crippen LogP contribution is -1.99. The van der Waals surface area contributed by atoms with E-state index in [0.717, 1.165) is 38.4 Å². The molecule has 60 valence electrons. The molecular formula is C9H13NO. The number of rotatable bonds is 1. The van der Waals surface area contributed by atoms with Crippen LogP contribution in [0, 0.1) is 23.2 Å². The fourth-order valence-electron chi connectivity index (χ4n) is 1.60. The second kappa shape index (κ2) is 4.12. The summed E-state index contributed by atoms with van der Waals surface area (Å²) in [6.45, 7) is 0. The molecule has 1 fully saturated rings. The Labute approximate surface area is 67.2 Å². The van der Waals surface area contributed by atoms with Crippen LogP contribution in [0.2, 0.25) is 0 Å². The van der Waals surface area contributed by atoms with Gasteiger partial charge in [0.1, 0.15) is 6.29 Å². The monoisotopic (exact) mass is 151 g/mol. The van der Waals surface area contributed by atoms with Crippen LogP contribution in [0.1, 0.15) is 32.1 Å². The first-order chi connectivity index (χ1) is 5.36. The van der Waals surface area contributed by atoms with Gasteiger partial charge in [0.15, 0.2) is 0 Å². The summed E-state index contributed by atoms with van der Waals surface area (Å²) in [5.41, 5.74) is 0. The Kier molecular flexibility index (Phi) is 3.10. The van der Waals surface area contributed by atoms with Gasteiger partial charge >= 0.3 is 0 Å². The van der Waals surface area contributed by atoms with E-state index in [1.54, 1.807) is 0 Å². The quantitative estimate of drug-likeness (QED) is 0.424. The molecule has 0 N–H and O–H groups in total. The van der Waals surface area contributed by atoms with Gasteiger partial charge < -0.3 is 4.79 Å². The Morgan fingerprint density at radius 2 is 2.09 bits per heavy atom. The molecule has 2 unspecified atom stereocenters. The van der Waals surface area contributed by atoms with Crippen molar-refractivity contribution in [2.75, 3.05) is 0 Å². The third-order valence-electron chi connectivity index (χ3n) is 2.39. The third-order valence-corrected chi connectivity index (χ3v) is 2.39. The molecule has 1 aliphatic carbocycles. The summed E-state index contributed by atoms with van der Waals surface area (Å²) in [5.74, 6) is 0.438. The molecule has 0 aliphatic heterocycles. The van der Waals surface area contributed by atoms with E-state index in [0.29, 0.717) is 0 Å². The van der Waals surface area contributed by atoms with Gasteiger partial charge in [0.2, 0.25) is 0 Å². The van der Waals surface area contributed by atoms with Crippen LogP contribution in [0.15, 0.2) is 0 Å². The maximum atomic E-state index is 10.4. The Morgan fingerprint density at radius 1 is 1.27 bits per heavy atom. The van der Waals surface area contributed by atoms with Crippen molar-refractivity contribution in [3.8, 4) is 6.07 Å². The van der Waals surface area contributed by atoms with Gasteiger partial charge in [0.05, 0.1) is 6.07 Å². The Balaban J connectivity index is 2.40. The lowest BCUT2D eigenvalue weighted by molar-refractivity contribution is -0.111. The van der Waals surface area contributed by atoms with Gasteiger partial charge in [-0.1, -0.05) is 6.42 Å². The molecule has 0 heterocycles. The van der Waals surface area contributed by atoms with Gasteiger partial charge in [-0.05, 0) is 25.7 Å². The van der Waals surface area contributed by atoms with Crippen LogP contribution in [0.5, 0.6) is 0 Å². The molecule has 0 aromatic rings. The fourth-order valence-corrected chi connectivity index (χ4v) is 1.60. The molecular weight excluding hydrogens is 138 g/mol. The Morgan fingerprint density at radius 3 is 2.73 bits per heavy atom. The van der Waals surface area contributed by atoms with E-state index in [1.807, 2.05) is 0 Å². The van der Waals surface area contributed by atoms with Gasteiger partial charge in [0, 0.05) is 11.8 Å². The van der Waals surface area contributed by atoms with E-state index < -0.39 is 0 Å². The predicted molar refractivity (Wildman–Crippen MR) is 41.7 cm³/mol. The van der Waals surface area contributed by atoms with Crippen molar-refractivity contribution >= 4 is 6.29 Å². The first kappa shape index (κ1) is 8.26. The van der Waals surface area contributed by atoms with E-state index in [4.69, 9.17) is 5.26 Å². The zero-order chi connectivity index (χ0) is 8.10. The fraction of sp³-hybridized carbons (Fsp3) is 0.778. The number of hydrogen-bond acceptors (Lipinski definition) is 2. The zero-order valence-electron chi connectivity index (χ0n) is 6.62. The van der Waals surface area contributed by atoms with Crippen LogP contribution in [-0.4, -0.2) is 6.29 Å². The normalized spacial score (nSPS) is 31.9. The first-order valence-electron chi connectivity index (χ1n) is 4.21. The number of nitriles is 1. The summed E-state index contributed by atoms with van der Waals surface area (Å²) < 4.78 is 0. The predicted octanol–water partition coefficient (Wildman–Crippen LogP) is 1.91. The van der Waals surface area contributed by atoms with Crippen molar-refractivity contribution in [2.24, 2.45) is 11.8 Å². The van der Waals surface area contributed by atoms with Gasteiger partial charge in [-0.25, -0.2) is 0 Å². The maximum absolute atomic E-state index is 10.4. The van der Waals surface area contributed by atoms with Crippen LogP contribution in [0.25, 0.3) is 0 Å². The second-order valence-electron chi connectivity index (χ2n) is 3.23. The minimum atomic E-state index is 0.208. The summed E-state index contributed by atoms with van der Waals surface area (Å²) in [6.07, 6.45) is 5.89. The minimum absolute atomic E-state index is 0.208. The lowest BCUT2D eigenvalue weighted by Gasteiger charge is -2.02. The van der Waals surface area contributed by atoms with Gasteiger partial charge in [-0.15, -0.1) is 0 Å². The average Bonchev–Trinajstić information content (AvgIpc) is 2.28. The summed E-state index contributed by atoms with van der Waals surface area (Å²) in [6, 6.07) is 2.27. The summed E-state index contributed by atoms with van der Waals surface area (Å²) >= 11 is 0. The van der Waals surface area contributed by atoms with Crippen molar-refractivity contribution in [3.05, 3.63) is 0 Å². The molecule has 1 aliphatic rings. The molecule has 0 aromatic heterocycles. The standard InChI is InChI=1S/C9H13NO/c10-6-8-2-1-3-9(7-11)5-4-8/h7-9H,1-5H2. The molecule has 0 bridgehead atoms. The zero-order valence-corrected chi connectivity index (χ0v) is 6.62. The number of aldehydes is 1. The molecule has 11 heavy (non-hydrogen) atoms. The molecule has 0 amide bonds. The summed E-state index contributed by atoms with van der Waals surface area (Å²) in [7, 11) is 0. The lowest BCUT2D eigenvalue weighted by atomic mass is 10.0. The number of carbonyl (C=O) groups is 1. The first-order valence-corrected chi connectivity index (χ1v) is 4.21. The Hall–Kier alpha value is -0.840. The van der Waals surface area contributed by atoms with Gasteiger partial charge in [-0.3, -0.25) is 0 Å². The highest BCUT2D eigenvalue weighted by Crippen LogP contribution is 2.25. The van der Waals surface area contributed by atoms with Crippen molar-refractivity contribution < 1.29 is 4.79 Å². The van der Waals surface area contributed by atoms with Crippen LogP contribution >= 0.6 is 0 Å². The molecule has 0 saturated heterocycles. The molecule has 0 radical (unpaired) electrons. The smallest absolute Gasteiger partial charge is 0.123 e. The van der Waals surface area contributed by atoms with Crippen molar-refractivity contribution in [3.63, 3.8) is 0 Å². The third kappa shape index (κ3) is 2.34. The highest BCUT2D eigenvalue weighted by Gasteiger charge is 2.17.